The van der Waals surface area contributed by atoms with Gasteiger partial charge in [-0.1, -0.05) is 23.7 Å². The molecule has 90 valence electrons. The van der Waals surface area contributed by atoms with Gasteiger partial charge in [-0.3, -0.25) is 0 Å². The molecule has 0 aliphatic heterocycles. The lowest BCUT2D eigenvalue weighted by Crippen LogP contribution is -2.18. The van der Waals surface area contributed by atoms with Crippen LogP contribution in [0.1, 0.15) is 29.9 Å². The van der Waals surface area contributed by atoms with E-state index in [1.165, 1.54) is 11.1 Å². The number of furan rings is 1. The van der Waals surface area contributed by atoms with E-state index in [2.05, 4.69) is 18.3 Å². The molecule has 0 saturated heterocycles. The first kappa shape index (κ1) is 12.2. The highest BCUT2D eigenvalue weighted by Crippen LogP contribution is 2.18. The number of hydrogen-bond acceptors (Lipinski definition) is 2. The number of aryl methyl sites for hydroxylation is 1. The van der Waals surface area contributed by atoms with Crippen molar-refractivity contribution in [2.45, 2.75) is 26.4 Å². The van der Waals surface area contributed by atoms with Gasteiger partial charge in [0, 0.05) is 11.1 Å². The molecule has 0 spiro atoms. The average molecular weight is 250 g/mol. The molecule has 2 nitrogen and oxygen atoms in total. The molecule has 1 aromatic carbocycles. The minimum absolute atomic E-state index is 0.248. The first-order valence-electron chi connectivity index (χ1n) is 5.68. The molecule has 0 amide bonds. The molecule has 1 aromatic heterocycles. The summed E-state index contributed by atoms with van der Waals surface area (Å²) in [4.78, 5) is 0. The first-order chi connectivity index (χ1) is 8.16. The maximum Gasteiger partial charge on any atom is 0.120 e. The van der Waals surface area contributed by atoms with E-state index in [0.717, 1.165) is 17.3 Å². The quantitative estimate of drug-likeness (QED) is 0.883. The van der Waals surface area contributed by atoms with Gasteiger partial charge in [-0.15, -0.1) is 0 Å². The Morgan fingerprint density at radius 2 is 2.18 bits per heavy atom. The van der Waals surface area contributed by atoms with E-state index in [4.69, 9.17) is 16.0 Å². The number of halogens is 1. The summed E-state index contributed by atoms with van der Waals surface area (Å²) in [7, 11) is 0. The largest absolute Gasteiger partial charge is 0.468 e. The zero-order valence-electron chi connectivity index (χ0n) is 10.0. The van der Waals surface area contributed by atoms with E-state index in [1.807, 2.05) is 31.2 Å². The van der Waals surface area contributed by atoms with Crippen LogP contribution >= 0.6 is 11.6 Å². The van der Waals surface area contributed by atoms with Crippen LogP contribution in [0.4, 0.5) is 0 Å². The van der Waals surface area contributed by atoms with Crippen molar-refractivity contribution in [3.8, 4) is 0 Å². The van der Waals surface area contributed by atoms with Gasteiger partial charge in [0.1, 0.15) is 5.76 Å². The van der Waals surface area contributed by atoms with Crippen molar-refractivity contribution in [3.63, 3.8) is 0 Å². The average Bonchev–Trinajstić information content (AvgIpc) is 2.72. The maximum absolute atomic E-state index is 5.97. The van der Waals surface area contributed by atoms with Crippen LogP contribution in [0.3, 0.4) is 0 Å². The molecular weight excluding hydrogens is 234 g/mol. The van der Waals surface area contributed by atoms with Crippen molar-refractivity contribution in [2.75, 3.05) is 0 Å². The van der Waals surface area contributed by atoms with E-state index in [-0.39, 0.29) is 6.04 Å². The normalized spacial score (nSPS) is 12.6. The number of nitrogens with one attached hydrogen (secondary N) is 1. The SMILES string of the molecule is Cc1ccoc1CN[C@@H](C)c1cccc(Cl)c1. The van der Waals surface area contributed by atoms with Crippen LogP contribution in [0.2, 0.25) is 5.02 Å². The maximum atomic E-state index is 5.97. The molecule has 0 fully saturated rings. The topological polar surface area (TPSA) is 25.2 Å². The van der Waals surface area contributed by atoms with Gasteiger partial charge >= 0.3 is 0 Å². The van der Waals surface area contributed by atoms with Crippen LogP contribution in [0.15, 0.2) is 41.0 Å². The standard InChI is InChI=1S/C14H16ClNO/c1-10-6-7-17-14(10)9-16-11(2)12-4-3-5-13(15)8-12/h3-8,11,16H,9H2,1-2H3/t11-/m0/s1. The lowest BCUT2D eigenvalue weighted by Gasteiger charge is -2.13. The van der Waals surface area contributed by atoms with Crippen LogP contribution in [-0.2, 0) is 6.54 Å². The summed E-state index contributed by atoms with van der Waals surface area (Å²) in [5.41, 5.74) is 2.36. The van der Waals surface area contributed by atoms with Crippen molar-refractivity contribution in [2.24, 2.45) is 0 Å². The number of benzene rings is 1. The fourth-order valence-corrected chi connectivity index (χ4v) is 1.92. The Morgan fingerprint density at radius 3 is 2.82 bits per heavy atom. The lowest BCUT2D eigenvalue weighted by molar-refractivity contribution is 0.458. The molecule has 1 N–H and O–H groups in total. The molecule has 2 aromatic rings. The molecule has 0 aliphatic carbocycles. The van der Waals surface area contributed by atoms with Crippen LogP contribution in [0.5, 0.6) is 0 Å². The smallest absolute Gasteiger partial charge is 0.120 e. The van der Waals surface area contributed by atoms with Crippen LogP contribution in [0, 0.1) is 6.92 Å². The second-order valence-corrected chi connectivity index (χ2v) is 4.62. The second kappa shape index (κ2) is 5.39. The Morgan fingerprint density at radius 1 is 1.35 bits per heavy atom. The first-order valence-corrected chi connectivity index (χ1v) is 6.06. The predicted octanol–water partition coefficient (Wildman–Crippen LogP) is 4.09. The monoisotopic (exact) mass is 249 g/mol. The molecular formula is C14H16ClNO. The summed E-state index contributed by atoms with van der Waals surface area (Å²) in [5.74, 6) is 0.985. The van der Waals surface area contributed by atoms with E-state index in [9.17, 15) is 0 Å². The molecule has 1 atom stereocenters. The van der Waals surface area contributed by atoms with Crippen molar-refractivity contribution >= 4 is 11.6 Å². The second-order valence-electron chi connectivity index (χ2n) is 4.18. The molecule has 1 heterocycles. The summed E-state index contributed by atoms with van der Waals surface area (Å²) in [6.07, 6.45) is 1.72. The van der Waals surface area contributed by atoms with Crippen molar-refractivity contribution in [1.82, 2.24) is 5.32 Å². The zero-order chi connectivity index (χ0) is 12.3. The van der Waals surface area contributed by atoms with E-state index in [0.29, 0.717) is 0 Å². The highest BCUT2D eigenvalue weighted by Gasteiger charge is 2.07. The highest BCUT2D eigenvalue weighted by atomic mass is 35.5. The van der Waals surface area contributed by atoms with Crippen molar-refractivity contribution in [3.05, 3.63) is 58.5 Å². The van der Waals surface area contributed by atoms with Gasteiger partial charge in [0.25, 0.3) is 0 Å². The van der Waals surface area contributed by atoms with Crippen molar-refractivity contribution in [1.29, 1.82) is 0 Å². The molecule has 0 aliphatic rings. The molecule has 0 bridgehead atoms. The summed E-state index contributed by atoms with van der Waals surface area (Å²) in [6.45, 7) is 4.89. The van der Waals surface area contributed by atoms with E-state index in [1.54, 1.807) is 6.26 Å². The Balaban J connectivity index is 1.98. The van der Waals surface area contributed by atoms with Gasteiger partial charge in [-0.2, -0.15) is 0 Å². The summed E-state index contributed by atoms with van der Waals surface area (Å²) in [6, 6.07) is 10.1. The van der Waals surface area contributed by atoms with Crippen LogP contribution < -0.4 is 5.32 Å². The Hall–Kier alpha value is -1.25. The summed E-state index contributed by atoms with van der Waals surface area (Å²) >= 11 is 5.97. The molecule has 3 heteroatoms. The third-order valence-electron chi connectivity index (χ3n) is 2.89. The van der Waals surface area contributed by atoms with E-state index >= 15 is 0 Å². The Kier molecular flexibility index (Phi) is 3.87. The van der Waals surface area contributed by atoms with Gasteiger partial charge in [0.05, 0.1) is 12.8 Å². The molecule has 0 radical (unpaired) electrons. The fraction of sp³-hybridized carbons (Fsp3) is 0.286. The summed E-state index contributed by atoms with van der Waals surface area (Å²) in [5, 5.41) is 4.19. The van der Waals surface area contributed by atoms with Crippen molar-refractivity contribution < 1.29 is 4.42 Å². The number of rotatable bonds is 4. The zero-order valence-corrected chi connectivity index (χ0v) is 10.8. The van der Waals surface area contributed by atoms with Crippen LogP contribution in [-0.4, -0.2) is 0 Å². The van der Waals surface area contributed by atoms with Gasteiger partial charge in [0.2, 0.25) is 0 Å². The molecule has 0 unspecified atom stereocenters. The Labute approximate surface area is 107 Å². The third kappa shape index (κ3) is 3.11. The lowest BCUT2D eigenvalue weighted by atomic mass is 10.1. The van der Waals surface area contributed by atoms with E-state index < -0.39 is 0 Å². The molecule has 0 saturated carbocycles. The van der Waals surface area contributed by atoms with Crippen LogP contribution in [0.25, 0.3) is 0 Å². The highest BCUT2D eigenvalue weighted by molar-refractivity contribution is 6.30. The molecule has 17 heavy (non-hydrogen) atoms. The third-order valence-corrected chi connectivity index (χ3v) is 3.12. The minimum atomic E-state index is 0.248. The summed E-state index contributed by atoms with van der Waals surface area (Å²) < 4.78 is 5.39. The van der Waals surface area contributed by atoms with Gasteiger partial charge in [-0.25, -0.2) is 0 Å². The molecule has 2 rings (SSSR count). The van der Waals surface area contributed by atoms with Gasteiger partial charge in [-0.05, 0) is 43.2 Å². The van der Waals surface area contributed by atoms with Gasteiger partial charge < -0.3 is 9.73 Å². The predicted molar refractivity (Wildman–Crippen MR) is 70.2 cm³/mol. The Bertz CT molecular complexity index is 492. The minimum Gasteiger partial charge on any atom is -0.468 e. The number of hydrogen-bond donors (Lipinski definition) is 1. The fourth-order valence-electron chi connectivity index (χ4n) is 1.72. The van der Waals surface area contributed by atoms with Gasteiger partial charge in [0.15, 0.2) is 0 Å².